The summed E-state index contributed by atoms with van der Waals surface area (Å²) in [4.78, 5) is 22.1. The van der Waals surface area contributed by atoms with Gasteiger partial charge in [-0.2, -0.15) is 0 Å². The summed E-state index contributed by atoms with van der Waals surface area (Å²) in [5, 5.41) is 13.5. The second-order valence-electron chi connectivity index (χ2n) is 3.54. The zero-order chi connectivity index (χ0) is 13.7. The maximum atomic E-state index is 11.5. The largest absolute Gasteiger partial charge is 0.497 e. The molecular formula is C11H13BrN2O4. The van der Waals surface area contributed by atoms with Crippen molar-refractivity contribution in [1.82, 2.24) is 5.32 Å². The van der Waals surface area contributed by atoms with Crippen molar-refractivity contribution in [2.24, 2.45) is 0 Å². The van der Waals surface area contributed by atoms with E-state index in [1.54, 1.807) is 18.2 Å². The number of hydrogen-bond acceptors (Lipinski definition) is 3. The summed E-state index contributed by atoms with van der Waals surface area (Å²) in [7, 11) is 1.51. The Morgan fingerprint density at radius 3 is 2.61 bits per heavy atom. The minimum atomic E-state index is -1.10. The molecule has 0 bridgehead atoms. The zero-order valence-corrected chi connectivity index (χ0v) is 11.4. The molecule has 0 aromatic heterocycles. The average molecular weight is 317 g/mol. The fourth-order valence-corrected chi connectivity index (χ4v) is 1.65. The summed E-state index contributed by atoms with van der Waals surface area (Å²) < 4.78 is 5.78. The molecule has 0 unspecified atom stereocenters. The van der Waals surface area contributed by atoms with Gasteiger partial charge < -0.3 is 20.5 Å². The third kappa shape index (κ3) is 4.25. The first-order chi connectivity index (χ1) is 8.42. The van der Waals surface area contributed by atoms with Gasteiger partial charge >= 0.3 is 12.0 Å². The van der Waals surface area contributed by atoms with Crippen molar-refractivity contribution in [3.8, 4) is 5.75 Å². The van der Waals surface area contributed by atoms with E-state index in [2.05, 4.69) is 26.6 Å². The van der Waals surface area contributed by atoms with Gasteiger partial charge in [0.15, 0.2) is 0 Å². The maximum absolute atomic E-state index is 11.5. The quantitative estimate of drug-likeness (QED) is 0.793. The molecule has 6 nitrogen and oxygen atoms in total. The Hall–Kier alpha value is -1.76. The number of urea groups is 1. The van der Waals surface area contributed by atoms with Gasteiger partial charge in [-0.3, -0.25) is 4.79 Å². The van der Waals surface area contributed by atoms with E-state index in [1.165, 1.54) is 14.0 Å². The van der Waals surface area contributed by atoms with E-state index in [9.17, 15) is 9.59 Å². The van der Waals surface area contributed by atoms with Gasteiger partial charge in [0.1, 0.15) is 11.8 Å². The molecule has 7 heteroatoms. The molecule has 3 N–H and O–H groups in total. The first-order valence-electron chi connectivity index (χ1n) is 5.07. The zero-order valence-electron chi connectivity index (χ0n) is 9.86. The number of rotatable bonds is 4. The Labute approximate surface area is 112 Å². The van der Waals surface area contributed by atoms with Crippen LogP contribution in [0.25, 0.3) is 0 Å². The molecule has 0 fully saturated rings. The summed E-state index contributed by atoms with van der Waals surface area (Å²) >= 11 is 3.27. The number of carboxylic acids is 1. The highest BCUT2D eigenvalue weighted by atomic mass is 79.9. The molecule has 0 aliphatic rings. The van der Waals surface area contributed by atoms with Gasteiger partial charge in [-0.05, 0) is 19.1 Å². The van der Waals surface area contributed by atoms with E-state index in [4.69, 9.17) is 9.84 Å². The molecule has 0 saturated heterocycles. The molecule has 0 aliphatic heterocycles. The predicted molar refractivity (Wildman–Crippen MR) is 69.9 cm³/mol. The minimum absolute atomic E-state index is 0.497. The van der Waals surface area contributed by atoms with Gasteiger partial charge in [0.05, 0.1) is 7.11 Å². The second-order valence-corrected chi connectivity index (χ2v) is 4.45. The van der Waals surface area contributed by atoms with Crippen molar-refractivity contribution in [2.45, 2.75) is 13.0 Å². The molecule has 1 atom stereocenters. The van der Waals surface area contributed by atoms with Gasteiger partial charge in [-0.15, -0.1) is 0 Å². The SMILES string of the molecule is COc1cc(Br)cc(NC(=O)N[C@H](C)C(=O)O)c1. The van der Waals surface area contributed by atoms with Crippen LogP contribution in [0.1, 0.15) is 6.92 Å². The van der Waals surface area contributed by atoms with Gasteiger partial charge in [0, 0.05) is 16.2 Å². The molecule has 0 spiro atoms. The number of carbonyl (C=O) groups is 2. The van der Waals surface area contributed by atoms with Crippen LogP contribution in [0.4, 0.5) is 10.5 Å². The summed E-state index contributed by atoms with van der Waals surface area (Å²) in [6, 6.07) is 3.48. The monoisotopic (exact) mass is 316 g/mol. The van der Waals surface area contributed by atoms with E-state index >= 15 is 0 Å². The van der Waals surface area contributed by atoms with Crippen molar-refractivity contribution in [3.05, 3.63) is 22.7 Å². The van der Waals surface area contributed by atoms with Crippen LogP contribution >= 0.6 is 15.9 Å². The molecule has 1 aromatic rings. The van der Waals surface area contributed by atoms with Gasteiger partial charge in [-0.25, -0.2) is 4.79 Å². The number of ether oxygens (including phenoxy) is 1. The number of methoxy groups -OCH3 is 1. The third-order valence-corrected chi connectivity index (χ3v) is 2.54. The van der Waals surface area contributed by atoms with E-state index in [0.29, 0.717) is 11.4 Å². The standard InChI is InChI=1S/C11H13BrN2O4/c1-6(10(15)16)13-11(17)14-8-3-7(12)4-9(5-8)18-2/h3-6H,1-2H3,(H,15,16)(H2,13,14,17)/t6-/m1/s1. The van der Waals surface area contributed by atoms with Crippen molar-refractivity contribution >= 4 is 33.6 Å². The molecule has 18 heavy (non-hydrogen) atoms. The minimum Gasteiger partial charge on any atom is -0.497 e. The lowest BCUT2D eigenvalue weighted by molar-refractivity contribution is -0.138. The summed E-state index contributed by atoms with van der Waals surface area (Å²) in [5.41, 5.74) is 0.497. The fraction of sp³-hybridized carbons (Fsp3) is 0.273. The Balaban J connectivity index is 2.70. The first kappa shape index (κ1) is 14.3. The van der Waals surface area contributed by atoms with Crippen LogP contribution in [0.15, 0.2) is 22.7 Å². The normalized spacial score (nSPS) is 11.5. The topological polar surface area (TPSA) is 87.7 Å². The number of carbonyl (C=O) groups excluding carboxylic acids is 1. The Morgan fingerprint density at radius 2 is 2.06 bits per heavy atom. The molecule has 0 heterocycles. The van der Waals surface area contributed by atoms with E-state index in [0.717, 1.165) is 4.47 Å². The number of halogens is 1. The molecule has 2 amide bonds. The van der Waals surface area contributed by atoms with Crippen molar-refractivity contribution in [3.63, 3.8) is 0 Å². The van der Waals surface area contributed by atoms with Gasteiger partial charge in [0.2, 0.25) is 0 Å². The number of benzene rings is 1. The smallest absolute Gasteiger partial charge is 0.325 e. The second kappa shape index (κ2) is 6.25. The van der Waals surface area contributed by atoms with Crippen LogP contribution in [0, 0.1) is 0 Å². The number of hydrogen-bond donors (Lipinski definition) is 3. The van der Waals surface area contributed by atoms with E-state index in [1.807, 2.05) is 0 Å². The summed E-state index contributed by atoms with van der Waals surface area (Å²) in [6.45, 7) is 1.38. The molecule has 98 valence electrons. The lowest BCUT2D eigenvalue weighted by Gasteiger charge is -2.11. The van der Waals surface area contributed by atoms with Crippen molar-refractivity contribution in [2.75, 3.05) is 12.4 Å². The number of aliphatic carboxylic acids is 1. The maximum Gasteiger partial charge on any atom is 0.325 e. The Kier molecular flexibility index (Phi) is 4.96. The lowest BCUT2D eigenvalue weighted by Crippen LogP contribution is -2.40. The molecule has 0 radical (unpaired) electrons. The molecule has 0 saturated carbocycles. The van der Waals surface area contributed by atoms with Gasteiger partial charge in [-0.1, -0.05) is 15.9 Å². The lowest BCUT2D eigenvalue weighted by atomic mass is 10.3. The molecule has 1 rings (SSSR count). The fourth-order valence-electron chi connectivity index (χ4n) is 1.18. The Morgan fingerprint density at radius 1 is 1.39 bits per heavy atom. The Bertz CT molecular complexity index is 464. The average Bonchev–Trinajstić information content (AvgIpc) is 2.27. The van der Waals surface area contributed by atoms with Crippen LogP contribution in [-0.2, 0) is 4.79 Å². The highest BCUT2D eigenvalue weighted by molar-refractivity contribution is 9.10. The van der Waals surface area contributed by atoms with Crippen LogP contribution in [0.5, 0.6) is 5.75 Å². The molecule has 1 aromatic carbocycles. The molecular weight excluding hydrogens is 304 g/mol. The van der Waals surface area contributed by atoms with E-state index in [-0.39, 0.29) is 0 Å². The highest BCUT2D eigenvalue weighted by Gasteiger charge is 2.14. The number of amides is 2. The van der Waals surface area contributed by atoms with Gasteiger partial charge in [0.25, 0.3) is 0 Å². The van der Waals surface area contributed by atoms with Crippen LogP contribution in [0.3, 0.4) is 0 Å². The summed E-state index contributed by atoms with van der Waals surface area (Å²) in [5.74, 6) is -0.525. The highest BCUT2D eigenvalue weighted by Crippen LogP contribution is 2.24. The van der Waals surface area contributed by atoms with Crippen LogP contribution < -0.4 is 15.4 Å². The van der Waals surface area contributed by atoms with Crippen molar-refractivity contribution in [1.29, 1.82) is 0 Å². The number of nitrogens with one attached hydrogen (secondary N) is 2. The van der Waals surface area contributed by atoms with Crippen LogP contribution in [-0.4, -0.2) is 30.3 Å². The number of carboxylic acid groups (broad SMARTS) is 1. The summed E-state index contributed by atoms with van der Waals surface area (Å²) in [6.07, 6.45) is 0. The van der Waals surface area contributed by atoms with Crippen LogP contribution in [0.2, 0.25) is 0 Å². The van der Waals surface area contributed by atoms with Crippen molar-refractivity contribution < 1.29 is 19.4 Å². The first-order valence-corrected chi connectivity index (χ1v) is 5.86. The third-order valence-electron chi connectivity index (χ3n) is 2.08. The molecule has 0 aliphatic carbocycles. The predicted octanol–water partition coefficient (Wildman–Crippen LogP) is 2.05. The van der Waals surface area contributed by atoms with E-state index < -0.39 is 18.0 Å². The number of anilines is 1.